The van der Waals surface area contributed by atoms with Crippen molar-refractivity contribution in [2.24, 2.45) is 0 Å². The van der Waals surface area contributed by atoms with Crippen molar-refractivity contribution >= 4 is 29.0 Å². The first-order valence-electron chi connectivity index (χ1n) is 8.28. The fourth-order valence-electron chi connectivity index (χ4n) is 2.69. The number of carbonyl (C=O) groups excluding carboxylic acids is 1. The highest BCUT2D eigenvalue weighted by Crippen LogP contribution is 2.35. The number of thioether (sulfide) groups is 1. The molecule has 3 rings (SSSR count). The lowest BCUT2D eigenvalue weighted by atomic mass is 10.0. The van der Waals surface area contributed by atoms with Crippen LogP contribution in [-0.4, -0.2) is 11.7 Å². The molecular formula is C21H21NOS2. The van der Waals surface area contributed by atoms with E-state index in [1.807, 2.05) is 54.8 Å². The van der Waals surface area contributed by atoms with Gasteiger partial charge in [0.15, 0.2) is 0 Å². The van der Waals surface area contributed by atoms with Gasteiger partial charge >= 0.3 is 0 Å². The van der Waals surface area contributed by atoms with Crippen molar-refractivity contribution in [2.45, 2.75) is 18.2 Å². The second-order valence-electron chi connectivity index (χ2n) is 5.82. The lowest BCUT2D eigenvalue weighted by Crippen LogP contribution is -2.28. The SMILES string of the molecule is CC(NC(=O)CSC(c1ccccc1)c1ccccc1)c1cccs1. The van der Waals surface area contributed by atoms with Crippen LogP contribution in [0.1, 0.15) is 34.2 Å². The lowest BCUT2D eigenvalue weighted by molar-refractivity contribution is -0.119. The van der Waals surface area contributed by atoms with Crippen LogP contribution in [0.25, 0.3) is 0 Å². The summed E-state index contributed by atoms with van der Waals surface area (Å²) < 4.78 is 0. The van der Waals surface area contributed by atoms with Gasteiger partial charge in [-0.1, -0.05) is 66.7 Å². The molecular weight excluding hydrogens is 346 g/mol. The van der Waals surface area contributed by atoms with E-state index in [4.69, 9.17) is 0 Å². The molecule has 0 bridgehead atoms. The molecule has 0 spiro atoms. The summed E-state index contributed by atoms with van der Waals surface area (Å²) in [6, 6.07) is 24.8. The summed E-state index contributed by atoms with van der Waals surface area (Å²) in [5, 5.41) is 5.28. The van der Waals surface area contributed by atoms with E-state index in [0.29, 0.717) is 5.75 Å². The van der Waals surface area contributed by atoms with E-state index in [0.717, 1.165) is 0 Å². The van der Waals surface area contributed by atoms with Crippen LogP contribution in [0, 0.1) is 0 Å². The molecule has 3 aromatic rings. The Balaban J connectivity index is 1.66. The third kappa shape index (κ3) is 4.97. The van der Waals surface area contributed by atoms with E-state index in [1.54, 1.807) is 23.1 Å². The molecule has 0 aliphatic carbocycles. The van der Waals surface area contributed by atoms with Gasteiger partial charge in [0, 0.05) is 4.88 Å². The van der Waals surface area contributed by atoms with E-state index >= 15 is 0 Å². The maximum Gasteiger partial charge on any atom is 0.230 e. The van der Waals surface area contributed by atoms with E-state index in [1.165, 1.54) is 16.0 Å². The molecule has 1 unspecified atom stereocenters. The molecule has 1 N–H and O–H groups in total. The topological polar surface area (TPSA) is 29.1 Å². The Bertz CT molecular complexity index is 733. The van der Waals surface area contributed by atoms with E-state index < -0.39 is 0 Å². The molecule has 0 saturated carbocycles. The van der Waals surface area contributed by atoms with Crippen molar-refractivity contribution in [3.05, 3.63) is 94.2 Å². The van der Waals surface area contributed by atoms with Crippen LogP contribution in [0.5, 0.6) is 0 Å². The van der Waals surface area contributed by atoms with E-state index in [2.05, 4.69) is 35.6 Å². The van der Waals surface area contributed by atoms with Crippen LogP contribution >= 0.6 is 23.1 Å². The number of benzene rings is 2. The van der Waals surface area contributed by atoms with Crippen LogP contribution in [0.3, 0.4) is 0 Å². The number of thiophene rings is 1. The molecule has 2 nitrogen and oxygen atoms in total. The normalized spacial score (nSPS) is 12.1. The van der Waals surface area contributed by atoms with Gasteiger partial charge in [0.05, 0.1) is 17.0 Å². The molecule has 0 radical (unpaired) electrons. The van der Waals surface area contributed by atoms with Crippen LogP contribution in [-0.2, 0) is 4.79 Å². The Morgan fingerprint density at radius 3 is 2.08 bits per heavy atom. The van der Waals surface area contributed by atoms with E-state index in [-0.39, 0.29) is 17.2 Å². The molecule has 1 heterocycles. The predicted molar refractivity (Wildman–Crippen MR) is 108 cm³/mol. The number of hydrogen-bond acceptors (Lipinski definition) is 3. The quantitative estimate of drug-likeness (QED) is 0.602. The highest BCUT2D eigenvalue weighted by atomic mass is 32.2. The van der Waals surface area contributed by atoms with Crippen molar-refractivity contribution < 1.29 is 4.79 Å². The van der Waals surface area contributed by atoms with Gasteiger partial charge < -0.3 is 5.32 Å². The zero-order chi connectivity index (χ0) is 17.5. The van der Waals surface area contributed by atoms with Gasteiger partial charge in [-0.25, -0.2) is 0 Å². The predicted octanol–water partition coefficient (Wildman–Crippen LogP) is 5.45. The minimum Gasteiger partial charge on any atom is -0.348 e. The summed E-state index contributed by atoms with van der Waals surface area (Å²) in [5.74, 6) is 0.507. The Morgan fingerprint density at radius 1 is 0.960 bits per heavy atom. The summed E-state index contributed by atoms with van der Waals surface area (Å²) in [4.78, 5) is 13.6. The minimum atomic E-state index is 0.0556. The fourth-order valence-corrected chi connectivity index (χ4v) is 4.53. The first kappa shape index (κ1) is 17.8. The van der Waals surface area contributed by atoms with Crippen molar-refractivity contribution in [3.8, 4) is 0 Å². The van der Waals surface area contributed by atoms with Crippen LogP contribution in [0.15, 0.2) is 78.2 Å². The van der Waals surface area contributed by atoms with Crippen LogP contribution in [0.2, 0.25) is 0 Å². The van der Waals surface area contributed by atoms with Crippen molar-refractivity contribution in [1.29, 1.82) is 0 Å². The largest absolute Gasteiger partial charge is 0.348 e. The number of nitrogens with one attached hydrogen (secondary N) is 1. The Labute approximate surface area is 157 Å². The highest BCUT2D eigenvalue weighted by molar-refractivity contribution is 8.00. The summed E-state index contributed by atoms with van der Waals surface area (Å²) in [6.07, 6.45) is 0. The van der Waals surface area contributed by atoms with Gasteiger partial charge in [0.1, 0.15) is 0 Å². The molecule has 128 valence electrons. The molecule has 2 aromatic carbocycles. The van der Waals surface area contributed by atoms with Crippen LogP contribution in [0.4, 0.5) is 0 Å². The lowest BCUT2D eigenvalue weighted by Gasteiger charge is -2.18. The first-order chi connectivity index (χ1) is 12.2. The highest BCUT2D eigenvalue weighted by Gasteiger charge is 2.17. The van der Waals surface area contributed by atoms with Gasteiger partial charge in [0.2, 0.25) is 5.91 Å². The third-order valence-corrected chi connectivity index (χ3v) is 6.29. The van der Waals surface area contributed by atoms with Gasteiger partial charge in [-0.15, -0.1) is 23.1 Å². The van der Waals surface area contributed by atoms with Gasteiger partial charge in [0.25, 0.3) is 0 Å². The summed E-state index contributed by atoms with van der Waals surface area (Å²) in [6.45, 7) is 2.03. The standard InChI is InChI=1S/C21H21NOS2/c1-16(19-13-8-14-24-19)22-20(23)15-25-21(17-9-4-2-5-10-17)18-11-6-3-7-12-18/h2-14,16,21H,15H2,1H3,(H,22,23). The number of carbonyl (C=O) groups is 1. The van der Waals surface area contributed by atoms with Crippen molar-refractivity contribution in [2.75, 3.05) is 5.75 Å². The number of amides is 1. The molecule has 0 aliphatic rings. The Kier molecular flexibility index (Phi) is 6.31. The zero-order valence-corrected chi connectivity index (χ0v) is 15.7. The summed E-state index contributed by atoms with van der Waals surface area (Å²) in [7, 11) is 0. The van der Waals surface area contributed by atoms with Crippen molar-refractivity contribution in [1.82, 2.24) is 5.32 Å². The van der Waals surface area contributed by atoms with Gasteiger partial charge in [-0.2, -0.15) is 0 Å². The summed E-state index contributed by atoms with van der Waals surface area (Å²) >= 11 is 3.34. The molecule has 0 saturated heterocycles. The Morgan fingerprint density at radius 2 is 1.56 bits per heavy atom. The minimum absolute atomic E-state index is 0.0556. The maximum absolute atomic E-state index is 12.4. The molecule has 4 heteroatoms. The van der Waals surface area contributed by atoms with Crippen LogP contribution < -0.4 is 5.32 Å². The molecule has 25 heavy (non-hydrogen) atoms. The molecule has 1 aromatic heterocycles. The first-order valence-corrected chi connectivity index (χ1v) is 10.2. The Hall–Kier alpha value is -2.04. The second-order valence-corrected chi connectivity index (χ2v) is 7.89. The molecule has 1 amide bonds. The van der Waals surface area contributed by atoms with Gasteiger partial charge in [-0.05, 0) is 29.5 Å². The average molecular weight is 368 g/mol. The zero-order valence-electron chi connectivity index (χ0n) is 14.1. The van der Waals surface area contributed by atoms with Crippen molar-refractivity contribution in [3.63, 3.8) is 0 Å². The summed E-state index contributed by atoms with van der Waals surface area (Å²) in [5.41, 5.74) is 2.44. The second kappa shape index (κ2) is 8.88. The molecule has 1 atom stereocenters. The smallest absolute Gasteiger partial charge is 0.230 e. The molecule has 0 aliphatic heterocycles. The molecule has 0 fully saturated rings. The van der Waals surface area contributed by atoms with Gasteiger partial charge in [-0.3, -0.25) is 4.79 Å². The average Bonchev–Trinajstić information content (AvgIpc) is 3.18. The number of rotatable bonds is 7. The number of hydrogen-bond donors (Lipinski definition) is 1. The van der Waals surface area contributed by atoms with E-state index in [9.17, 15) is 4.79 Å². The fraction of sp³-hybridized carbons (Fsp3) is 0.190. The third-order valence-electron chi connectivity index (χ3n) is 3.93. The maximum atomic E-state index is 12.4. The monoisotopic (exact) mass is 367 g/mol.